The highest BCUT2D eigenvalue weighted by molar-refractivity contribution is 5.93. The Morgan fingerprint density at radius 3 is 2.40 bits per heavy atom. The molecule has 0 bridgehead atoms. The van der Waals surface area contributed by atoms with Gasteiger partial charge in [0.15, 0.2) is 0 Å². The molecule has 4 nitrogen and oxygen atoms in total. The summed E-state index contributed by atoms with van der Waals surface area (Å²) < 4.78 is 9.84. The molecule has 1 rings (SSSR count). The highest BCUT2D eigenvalue weighted by Gasteiger charge is 2.16. The van der Waals surface area contributed by atoms with Crippen molar-refractivity contribution in [3.63, 3.8) is 0 Å². The van der Waals surface area contributed by atoms with Crippen LogP contribution in [-0.4, -0.2) is 20.2 Å². The first-order valence-electron chi connectivity index (χ1n) is 4.54. The molecule has 4 heteroatoms. The Balaban J connectivity index is 3.43. The van der Waals surface area contributed by atoms with Crippen molar-refractivity contribution < 1.29 is 14.3 Å². The second kappa shape index (κ2) is 4.21. The van der Waals surface area contributed by atoms with Crippen LogP contribution < -0.4 is 10.5 Å². The number of rotatable bonds is 2. The van der Waals surface area contributed by atoms with E-state index < -0.39 is 0 Å². The van der Waals surface area contributed by atoms with Crippen LogP contribution in [0.25, 0.3) is 0 Å². The molecule has 0 fully saturated rings. The topological polar surface area (TPSA) is 61.5 Å². The molecule has 0 atom stereocenters. The average Bonchev–Trinajstić information content (AvgIpc) is 2.23. The predicted molar refractivity (Wildman–Crippen MR) is 58.2 cm³/mol. The molecule has 2 N–H and O–H groups in total. The van der Waals surface area contributed by atoms with Crippen molar-refractivity contribution in [3.8, 4) is 5.75 Å². The van der Waals surface area contributed by atoms with Crippen molar-refractivity contribution in [2.24, 2.45) is 0 Å². The van der Waals surface area contributed by atoms with E-state index >= 15 is 0 Å². The van der Waals surface area contributed by atoms with Gasteiger partial charge in [-0.05, 0) is 25.5 Å². The number of nitrogen functional groups attached to an aromatic ring is 1. The summed E-state index contributed by atoms with van der Waals surface area (Å²) in [6.07, 6.45) is 0. The van der Waals surface area contributed by atoms with E-state index in [0.29, 0.717) is 22.6 Å². The Labute approximate surface area is 89.0 Å². The molecule has 0 spiro atoms. The van der Waals surface area contributed by atoms with E-state index in [-0.39, 0.29) is 5.97 Å². The van der Waals surface area contributed by atoms with Crippen molar-refractivity contribution in [1.29, 1.82) is 0 Å². The summed E-state index contributed by atoms with van der Waals surface area (Å²) in [7, 11) is 2.87. The highest BCUT2D eigenvalue weighted by Crippen LogP contribution is 2.32. The third kappa shape index (κ3) is 1.88. The van der Waals surface area contributed by atoms with Crippen LogP contribution in [-0.2, 0) is 4.74 Å². The number of aryl methyl sites for hydroxylation is 1. The van der Waals surface area contributed by atoms with Gasteiger partial charge in [-0.1, -0.05) is 0 Å². The number of benzene rings is 1. The van der Waals surface area contributed by atoms with Crippen molar-refractivity contribution in [3.05, 3.63) is 22.8 Å². The summed E-state index contributed by atoms with van der Waals surface area (Å²) in [6, 6.07) is 1.71. The number of anilines is 1. The Morgan fingerprint density at radius 1 is 1.33 bits per heavy atom. The van der Waals surface area contributed by atoms with Crippen LogP contribution in [0.5, 0.6) is 5.75 Å². The second-order valence-corrected chi connectivity index (χ2v) is 3.30. The molecule has 15 heavy (non-hydrogen) atoms. The summed E-state index contributed by atoms with van der Waals surface area (Å²) in [5, 5.41) is 0. The molecule has 0 aliphatic carbocycles. The van der Waals surface area contributed by atoms with Crippen LogP contribution in [0.2, 0.25) is 0 Å². The Kier molecular flexibility index (Phi) is 3.19. The quantitative estimate of drug-likeness (QED) is 0.594. The Morgan fingerprint density at radius 2 is 1.93 bits per heavy atom. The van der Waals surface area contributed by atoms with Gasteiger partial charge in [0, 0.05) is 5.56 Å². The normalized spacial score (nSPS) is 9.87. The van der Waals surface area contributed by atoms with Crippen molar-refractivity contribution in [1.82, 2.24) is 0 Å². The number of hydrogen-bond acceptors (Lipinski definition) is 4. The first-order chi connectivity index (χ1) is 7.02. The summed E-state index contributed by atoms with van der Waals surface area (Å²) in [5.41, 5.74) is 8.38. The smallest absolute Gasteiger partial charge is 0.338 e. The minimum absolute atomic E-state index is 0.381. The SMILES string of the molecule is COC(=O)c1cc(C)c(N)c(OC)c1C. The maximum absolute atomic E-state index is 11.4. The fourth-order valence-electron chi connectivity index (χ4n) is 1.49. The van der Waals surface area contributed by atoms with E-state index in [1.54, 1.807) is 13.0 Å². The number of esters is 1. The van der Waals surface area contributed by atoms with E-state index in [2.05, 4.69) is 4.74 Å². The minimum Gasteiger partial charge on any atom is -0.494 e. The molecule has 82 valence electrons. The van der Waals surface area contributed by atoms with E-state index in [1.807, 2.05) is 6.92 Å². The lowest BCUT2D eigenvalue weighted by Gasteiger charge is -2.13. The zero-order valence-corrected chi connectivity index (χ0v) is 9.38. The van der Waals surface area contributed by atoms with Gasteiger partial charge in [-0.25, -0.2) is 4.79 Å². The zero-order chi connectivity index (χ0) is 11.6. The monoisotopic (exact) mass is 209 g/mol. The van der Waals surface area contributed by atoms with E-state index in [9.17, 15) is 4.79 Å². The maximum Gasteiger partial charge on any atom is 0.338 e. The zero-order valence-electron chi connectivity index (χ0n) is 9.38. The van der Waals surface area contributed by atoms with Gasteiger partial charge in [-0.3, -0.25) is 0 Å². The van der Waals surface area contributed by atoms with Crippen LogP contribution in [0.1, 0.15) is 21.5 Å². The molecule has 0 saturated heterocycles. The molecule has 0 heterocycles. The van der Waals surface area contributed by atoms with Crippen molar-refractivity contribution in [2.45, 2.75) is 13.8 Å². The molecule has 1 aromatic rings. The molecule has 0 aliphatic rings. The van der Waals surface area contributed by atoms with E-state index in [1.165, 1.54) is 14.2 Å². The summed E-state index contributed by atoms with van der Waals surface area (Å²) in [6.45, 7) is 3.60. The maximum atomic E-state index is 11.4. The van der Waals surface area contributed by atoms with Gasteiger partial charge in [0.05, 0.1) is 25.5 Å². The number of hydrogen-bond donors (Lipinski definition) is 1. The molecule has 0 radical (unpaired) electrons. The summed E-state index contributed by atoms with van der Waals surface area (Å²) >= 11 is 0. The van der Waals surface area contributed by atoms with E-state index in [0.717, 1.165) is 5.56 Å². The Bertz CT molecular complexity index is 399. The van der Waals surface area contributed by atoms with E-state index in [4.69, 9.17) is 10.5 Å². The molecule has 0 aromatic heterocycles. The fraction of sp³-hybridized carbons (Fsp3) is 0.364. The third-order valence-corrected chi connectivity index (χ3v) is 2.38. The van der Waals surface area contributed by atoms with Gasteiger partial charge in [-0.15, -0.1) is 0 Å². The van der Waals surface area contributed by atoms with Gasteiger partial charge in [0.1, 0.15) is 5.75 Å². The van der Waals surface area contributed by atoms with Crippen molar-refractivity contribution >= 4 is 11.7 Å². The van der Waals surface area contributed by atoms with Crippen LogP contribution >= 0.6 is 0 Å². The summed E-state index contributed by atoms with van der Waals surface area (Å²) in [4.78, 5) is 11.4. The lowest BCUT2D eigenvalue weighted by molar-refractivity contribution is 0.0599. The molecule has 0 unspecified atom stereocenters. The molecule has 0 saturated carbocycles. The average molecular weight is 209 g/mol. The second-order valence-electron chi connectivity index (χ2n) is 3.30. The standard InChI is InChI=1S/C11H15NO3/c1-6-5-8(11(13)15-4)7(2)10(14-3)9(6)12/h5H,12H2,1-4H3. The van der Waals surface area contributed by atoms with Gasteiger partial charge >= 0.3 is 5.97 Å². The van der Waals surface area contributed by atoms with Crippen LogP contribution in [0.15, 0.2) is 6.07 Å². The van der Waals surface area contributed by atoms with Crippen molar-refractivity contribution in [2.75, 3.05) is 20.0 Å². The Hall–Kier alpha value is -1.71. The minimum atomic E-state index is -0.381. The van der Waals surface area contributed by atoms with Crippen LogP contribution in [0.4, 0.5) is 5.69 Å². The highest BCUT2D eigenvalue weighted by atomic mass is 16.5. The number of carbonyl (C=O) groups is 1. The largest absolute Gasteiger partial charge is 0.494 e. The predicted octanol–water partition coefficient (Wildman–Crippen LogP) is 1.68. The lowest BCUT2D eigenvalue weighted by atomic mass is 10.0. The van der Waals surface area contributed by atoms with Crippen LogP contribution in [0, 0.1) is 13.8 Å². The molecule has 0 aliphatic heterocycles. The number of carbonyl (C=O) groups excluding carboxylic acids is 1. The first kappa shape index (κ1) is 11.4. The van der Waals surface area contributed by atoms with Gasteiger partial charge in [-0.2, -0.15) is 0 Å². The molecule has 0 amide bonds. The number of ether oxygens (including phenoxy) is 2. The molecular weight excluding hydrogens is 194 g/mol. The third-order valence-electron chi connectivity index (χ3n) is 2.38. The van der Waals surface area contributed by atoms with Gasteiger partial charge in [0.25, 0.3) is 0 Å². The first-order valence-corrected chi connectivity index (χ1v) is 4.54. The lowest BCUT2D eigenvalue weighted by Crippen LogP contribution is -2.08. The number of methoxy groups -OCH3 is 2. The number of nitrogens with two attached hydrogens (primary N) is 1. The van der Waals surface area contributed by atoms with Gasteiger partial charge in [0.2, 0.25) is 0 Å². The molecular formula is C11H15NO3. The summed E-state index contributed by atoms with van der Waals surface area (Å²) in [5.74, 6) is 0.157. The van der Waals surface area contributed by atoms with Gasteiger partial charge < -0.3 is 15.2 Å². The fourth-order valence-corrected chi connectivity index (χ4v) is 1.49. The molecule has 1 aromatic carbocycles. The van der Waals surface area contributed by atoms with Crippen LogP contribution in [0.3, 0.4) is 0 Å².